The third kappa shape index (κ3) is 4.60. The Hall–Kier alpha value is -2.33. The van der Waals surface area contributed by atoms with Gasteiger partial charge >= 0.3 is 6.16 Å². The molecule has 0 bridgehead atoms. The standard InChI is InChI=1S/C18H20O4/c1-3-17(22-18(19)20-2)21-13-14-9-11-16(12-10-14)15-7-5-4-6-8-15/h4-12,17H,3,13H2,1-2H3. The van der Waals surface area contributed by atoms with Gasteiger partial charge in [-0.1, -0.05) is 61.5 Å². The highest BCUT2D eigenvalue weighted by atomic mass is 16.8. The van der Waals surface area contributed by atoms with Crippen molar-refractivity contribution in [1.29, 1.82) is 0 Å². The second-order valence-electron chi connectivity index (χ2n) is 4.78. The highest BCUT2D eigenvalue weighted by Gasteiger charge is 2.13. The average molecular weight is 300 g/mol. The molecule has 0 N–H and O–H groups in total. The highest BCUT2D eigenvalue weighted by Crippen LogP contribution is 2.19. The van der Waals surface area contributed by atoms with E-state index in [4.69, 9.17) is 9.47 Å². The number of carbonyl (C=O) groups excluding carboxylic acids is 1. The molecular formula is C18H20O4. The smallest absolute Gasteiger partial charge is 0.438 e. The van der Waals surface area contributed by atoms with E-state index in [1.54, 1.807) is 0 Å². The summed E-state index contributed by atoms with van der Waals surface area (Å²) in [5, 5.41) is 0. The fourth-order valence-electron chi connectivity index (χ4n) is 2.00. The van der Waals surface area contributed by atoms with E-state index in [1.807, 2.05) is 37.3 Å². The Morgan fingerprint density at radius 1 is 1.00 bits per heavy atom. The van der Waals surface area contributed by atoms with E-state index in [2.05, 4.69) is 29.0 Å². The number of hydrogen-bond acceptors (Lipinski definition) is 4. The molecule has 116 valence electrons. The molecule has 0 heterocycles. The molecule has 0 aromatic heterocycles. The molecule has 0 aliphatic rings. The van der Waals surface area contributed by atoms with Gasteiger partial charge in [0.2, 0.25) is 6.29 Å². The van der Waals surface area contributed by atoms with E-state index in [-0.39, 0.29) is 0 Å². The molecule has 4 heteroatoms. The van der Waals surface area contributed by atoms with Crippen LogP contribution in [-0.4, -0.2) is 19.6 Å². The van der Waals surface area contributed by atoms with Crippen LogP contribution in [-0.2, 0) is 20.8 Å². The molecule has 2 aromatic rings. The lowest BCUT2D eigenvalue weighted by molar-refractivity contribution is -0.127. The third-order valence-corrected chi connectivity index (χ3v) is 3.22. The number of rotatable bonds is 6. The van der Waals surface area contributed by atoms with E-state index in [0.717, 1.165) is 11.1 Å². The van der Waals surface area contributed by atoms with Crippen molar-refractivity contribution < 1.29 is 19.0 Å². The fourth-order valence-corrected chi connectivity index (χ4v) is 2.00. The minimum atomic E-state index is -0.730. The zero-order chi connectivity index (χ0) is 15.8. The molecule has 1 atom stereocenters. The number of carbonyl (C=O) groups is 1. The van der Waals surface area contributed by atoms with Gasteiger partial charge < -0.3 is 14.2 Å². The minimum Gasteiger partial charge on any atom is -0.438 e. The van der Waals surface area contributed by atoms with Crippen LogP contribution in [0.4, 0.5) is 4.79 Å². The first-order chi connectivity index (χ1) is 10.7. The first-order valence-corrected chi connectivity index (χ1v) is 7.23. The molecule has 0 saturated heterocycles. The lowest BCUT2D eigenvalue weighted by Crippen LogP contribution is -2.20. The predicted octanol–water partition coefficient (Wildman–Crippen LogP) is 4.39. The van der Waals surface area contributed by atoms with Crippen LogP contribution in [0.15, 0.2) is 54.6 Å². The van der Waals surface area contributed by atoms with Crippen molar-refractivity contribution in [3.05, 3.63) is 60.2 Å². The van der Waals surface area contributed by atoms with E-state index in [9.17, 15) is 4.79 Å². The lowest BCUT2D eigenvalue weighted by atomic mass is 10.0. The lowest BCUT2D eigenvalue weighted by Gasteiger charge is -2.16. The summed E-state index contributed by atoms with van der Waals surface area (Å²) in [5.74, 6) is 0. The van der Waals surface area contributed by atoms with E-state index in [0.29, 0.717) is 13.0 Å². The van der Waals surface area contributed by atoms with Gasteiger partial charge in [-0.15, -0.1) is 0 Å². The summed E-state index contributed by atoms with van der Waals surface area (Å²) >= 11 is 0. The predicted molar refractivity (Wildman–Crippen MR) is 84.2 cm³/mol. The molecule has 0 amide bonds. The highest BCUT2D eigenvalue weighted by molar-refractivity contribution is 5.63. The van der Waals surface area contributed by atoms with Gasteiger partial charge in [0, 0.05) is 6.42 Å². The van der Waals surface area contributed by atoms with Crippen LogP contribution in [0.5, 0.6) is 0 Å². The molecule has 0 saturated carbocycles. The molecule has 0 aliphatic carbocycles. The van der Waals surface area contributed by atoms with Crippen molar-refractivity contribution in [1.82, 2.24) is 0 Å². The van der Waals surface area contributed by atoms with Gasteiger partial charge in [0.25, 0.3) is 0 Å². The van der Waals surface area contributed by atoms with Crippen LogP contribution in [0, 0.1) is 0 Å². The number of benzene rings is 2. The normalized spacial score (nSPS) is 11.7. The van der Waals surface area contributed by atoms with Crippen LogP contribution in [0.3, 0.4) is 0 Å². The number of methoxy groups -OCH3 is 1. The summed E-state index contributed by atoms with van der Waals surface area (Å²) in [6.07, 6.45) is -0.760. The largest absolute Gasteiger partial charge is 0.510 e. The van der Waals surface area contributed by atoms with Crippen molar-refractivity contribution in [2.24, 2.45) is 0 Å². The SMILES string of the molecule is CCC(OCc1ccc(-c2ccccc2)cc1)OC(=O)OC. The van der Waals surface area contributed by atoms with Crippen molar-refractivity contribution >= 4 is 6.16 Å². The maximum Gasteiger partial charge on any atom is 0.510 e. The van der Waals surface area contributed by atoms with Crippen molar-refractivity contribution in [2.75, 3.05) is 7.11 Å². The molecule has 0 fully saturated rings. The van der Waals surface area contributed by atoms with E-state index >= 15 is 0 Å². The Morgan fingerprint density at radius 3 is 2.23 bits per heavy atom. The first kappa shape index (κ1) is 16.0. The van der Waals surface area contributed by atoms with Gasteiger partial charge in [0.1, 0.15) is 0 Å². The van der Waals surface area contributed by atoms with Gasteiger partial charge in [0.15, 0.2) is 0 Å². The monoisotopic (exact) mass is 300 g/mol. The summed E-state index contributed by atoms with van der Waals surface area (Å²) in [7, 11) is 1.28. The second kappa shape index (κ2) is 8.20. The quantitative estimate of drug-likeness (QED) is 0.586. The Balaban J connectivity index is 1.92. The van der Waals surface area contributed by atoms with Gasteiger partial charge in [0.05, 0.1) is 13.7 Å². The maximum absolute atomic E-state index is 11.1. The zero-order valence-corrected chi connectivity index (χ0v) is 12.8. The Morgan fingerprint density at radius 2 is 1.64 bits per heavy atom. The minimum absolute atomic E-state index is 0.380. The first-order valence-electron chi connectivity index (χ1n) is 7.23. The van der Waals surface area contributed by atoms with Crippen molar-refractivity contribution in [3.8, 4) is 11.1 Å². The second-order valence-corrected chi connectivity index (χ2v) is 4.78. The Bertz CT molecular complexity index is 578. The van der Waals surface area contributed by atoms with E-state index < -0.39 is 12.4 Å². The molecule has 0 spiro atoms. The molecule has 0 aliphatic heterocycles. The van der Waals surface area contributed by atoms with Crippen LogP contribution >= 0.6 is 0 Å². The van der Waals surface area contributed by atoms with Gasteiger partial charge in [-0.3, -0.25) is 0 Å². The maximum atomic E-state index is 11.1. The van der Waals surface area contributed by atoms with Crippen LogP contribution in [0.2, 0.25) is 0 Å². The molecular weight excluding hydrogens is 280 g/mol. The molecule has 2 aromatic carbocycles. The van der Waals surface area contributed by atoms with Gasteiger partial charge in [-0.25, -0.2) is 4.79 Å². The van der Waals surface area contributed by atoms with Crippen LogP contribution in [0.25, 0.3) is 11.1 Å². The summed E-state index contributed by atoms with van der Waals surface area (Å²) in [5.41, 5.74) is 3.35. The zero-order valence-electron chi connectivity index (χ0n) is 12.8. The van der Waals surface area contributed by atoms with Gasteiger partial charge in [-0.05, 0) is 16.7 Å². The molecule has 4 nitrogen and oxygen atoms in total. The summed E-state index contributed by atoms with van der Waals surface area (Å²) in [4.78, 5) is 11.1. The third-order valence-electron chi connectivity index (χ3n) is 3.22. The van der Waals surface area contributed by atoms with Crippen molar-refractivity contribution in [3.63, 3.8) is 0 Å². The van der Waals surface area contributed by atoms with E-state index in [1.165, 1.54) is 12.7 Å². The topological polar surface area (TPSA) is 44.8 Å². The summed E-state index contributed by atoms with van der Waals surface area (Å²) in [6.45, 7) is 2.26. The van der Waals surface area contributed by atoms with Gasteiger partial charge in [-0.2, -0.15) is 0 Å². The summed E-state index contributed by atoms with van der Waals surface area (Å²) in [6, 6.07) is 18.3. The average Bonchev–Trinajstić information content (AvgIpc) is 2.59. The molecule has 2 rings (SSSR count). The Labute approximate surface area is 130 Å². The molecule has 22 heavy (non-hydrogen) atoms. The fraction of sp³-hybridized carbons (Fsp3) is 0.278. The number of ether oxygens (including phenoxy) is 3. The van der Waals surface area contributed by atoms with Crippen LogP contribution < -0.4 is 0 Å². The van der Waals surface area contributed by atoms with Crippen molar-refractivity contribution in [2.45, 2.75) is 26.2 Å². The summed E-state index contributed by atoms with van der Waals surface area (Å²) < 4.78 is 15.0. The van der Waals surface area contributed by atoms with Crippen LogP contribution in [0.1, 0.15) is 18.9 Å². The molecule has 1 unspecified atom stereocenters. The molecule has 0 radical (unpaired) electrons. The Kier molecular flexibility index (Phi) is 5.98. The number of hydrogen-bond donors (Lipinski definition) is 0.